The number of benzene rings is 2. The van der Waals surface area contributed by atoms with Crippen LogP contribution in [-0.4, -0.2) is 0 Å². The summed E-state index contributed by atoms with van der Waals surface area (Å²) in [5.74, 6) is 18.8. The van der Waals surface area contributed by atoms with Crippen molar-refractivity contribution < 1.29 is 0 Å². The van der Waals surface area contributed by atoms with Crippen LogP contribution in [0.25, 0.3) is 0 Å². The lowest BCUT2D eigenvalue weighted by molar-refractivity contribution is -0.0379. The minimum absolute atomic E-state index is 0.337. The van der Waals surface area contributed by atoms with E-state index in [-0.39, 0.29) is 0 Å². The van der Waals surface area contributed by atoms with Crippen molar-refractivity contribution in [1.82, 2.24) is 0 Å². The molecule has 55 heavy (non-hydrogen) atoms. The normalized spacial score (nSPS) is 35.1. The van der Waals surface area contributed by atoms with Crippen molar-refractivity contribution in [2.45, 2.75) is 201 Å². The molecular weight excluding hydrogens is 661 g/mol. The summed E-state index contributed by atoms with van der Waals surface area (Å²) in [6, 6.07) is 17.8. The average molecular weight is 739 g/mol. The lowest BCUT2D eigenvalue weighted by Gasteiger charge is -2.56. The van der Waals surface area contributed by atoms with Gasteiger partial charge in [0.25, 0.3) is 0 Å². The molecule has 0 nitrogen and oxygen atoms in total. The predicted octanol–water partition coefficient (Wildman–Crippen LogP) is 15.5. The molecule has 0 spiro atoms. The summed E-state index contributed by atoms with van der Waals surface area (Å²) >= 11 is 0. The smallest absolute Gasteiger partial charge is 0.0319 e. The largest absolute Gasteiger partial charge is 0.0911 e. The van der Waals surface area contributed by atoms with Crippen molar-refractivity contribution in [2.24, 2.45) is 45.3 Å². The van der Waals surface area contributed by atoms with Crippen molar-refractivity contribution in [3.05, 3.63) is 70.8 Å². The molecule has 0 amide bonds. The number of aryl methyl sites for hydroxylation is 2. The van der Waals surface area contributed by atoms with Crippen LogP contribution in [-0.2, 0) is 12.8 Å². The Labute approximate surface area is 339 Å². The van der Waals surface area contributed by atoms with E-state index in [1.807, 2.05) is 0 Å². The minimum Gasteiger partial charge on any atom is -0.0911 e. The second kappa shape index (κ2) is 18.4. The Morgan fingerprint density at radius 3 is 1.13 bits per heavy atom. The molecule has 0 aliphatic heterocycles. The van der Waals surface area contributed by atoms with Crippen LogP contribution in [0.15, 0.2) is 48.5 Å². The van der Waals surface area contributed by atoms with Crippen LogP contribution in [0.5, 0.6) is 0 Å². The number of hydrogen-bond acceptors (Lipinski definition) is 0. The van der Waals surface area contributed by atoms with Crippen molar-refractivity contribution in [2.75, 3.05) is 0 Å². The molecule has 8 aliphatic rings. The fourth-order valence-corrected chi connectivity index (χ4v) is 13.1. The zero-order chi connectivity index (χ0) is 38.2. The van der Waals surface area contributed by atoms with E-state index < -0.39 is 0 Å². The monoisotopic (exact) mass is 739 g/mol. The molecule has 8 fully saturated rings. The molecule has 0 heterocycles. The van der Waals surface area contributed by atoms with Gasteiger partial charge in [-0.3, -0.25) is 0 Å². The van der Waals surface area contributed by atoms with Crippen LogP contribution >= 0.6 is 0 Å². The fourth-order valence-electron chi connectivity index (χ4n) is 13.1. The molecule has 4 bridgehead atoms. The standard InChI is InChI=1S/C28H40.C27H38/c1-3-5-6-24-11-13-26(14-12-24)28-20-17-27(18-21-28,19-22-28)16-15-25-9-7-23(4-2)8-10-25;1-3-5-23-10-12-25(13-11-23)27-19-16-26(17-20-27,18-21-27)15-14-24-8-6-22(4-2)7-9-24/h7-10,24,26H,3-6,11-14,17-22H2,1-2H3;6-9,23,25H,3-5,10-13,16-21H2,1-2H3/t24-,26-,27?,28?;23-,25-,26?,27?. The third kappa shape index (κ3) is 9.65. The maximum absolute atomic E-state index is 3.78. The lowest BCUT2D eigenvalue weighted by Crippen LogP contribution is -2.45. The molecule has 10 rings (SSSR count). The molecular formula is C55H78. The highest BCUT2D eigenvalue weighted by molar-refractivity contribution is 5.39. The van der Waals surface area contributed by atoms with Gasteiger partial charge in [-0.15, -0.1) is 0 Å². The molecule has 2 aromatic rings. The Balaban J connectivity index is 0.000000169. The highest BCUT2D eigenvalue weighted by Gasteiger charge is 2.53. The summed E-state index contributed by atoms with van der Waals surface area (Å²) in [5, 5.41) is 0. The molecule has 298 valence electrons. The maximum Gasteiger partial charge on any atom is 0.0319 e. The van der Waals surface area contributed by atoms with E-state index in [0.717, 1.165) is 36.5 Å². The Morgan fingerprint density at radius 2 is 0.800 bits per heavy atom. The van der Waals surface area contributed by atoms with Crippen LogP contribution in [0.4, 0.5) is 0 Å². The summed E-state index contributed by atoms with van der Waals surface area (Å²) in [6.45, 7) is 9.12. The van der Waals surface area contributed by atoms with Crippen LogP contribution in [0.1, 0.15) is 210 Å². The summed E-state index contributed by atoms with van der Waals surface area (Å²) in [4.78, 5) is 0. The zero-order valence-corrected chi connectivity index (χ0v) is 36.0. The predicted molar refractivity (Wildman–Crippen MR) is 236 cm³/mol. The highest BCUT2D eigenvalue weighted by Crippen LogP contribution is 2.63. The van der Waals surface area contributed by atoms with Gasteiger partial charge in [0.1, 0.15) is 0 Å². The van der Waals surface area contributed by atoms with E-state index in [0.29, 0.717) is 21.7 Å². The van der Waals surface area contributed by atoms with Gasteiger partial charge in [-0.1, -0.05) is 133 Å². The number of unbranched alkanes of at least 4 members (excludes halogenated alkanes) is 1. The van der Waals surface area contributed by atoms with Gasteiger partial charge in [0, 0.05) is 22.0 Å². The summed E-state index contributed by atoms with van der Waals surface area (Å²) in [7, 11) is 0. The number of rotatable bonds is 9. The number of fused-ring (bicyclic) bond motifs is 6. The van der Waals surface area contributed by atoms with E-state index >= 15 is 0 Å². The van der Waals surface area contributed by atoms with Crippen LogP contribution in [0.2, 0.25) is 0 Å². The van der Waals surface area contributed by atoms with Crippen molar-refractivity contribution in [3.63, 3.8) is 0 Å². The molecule has 8 aliphatic carbocycles. The van der Waals surface area contributed by atoms with E-state index in [9.17, 15) is 0 Å². The van der Waals surface area contributed by atoms with E-state index in [1.54, 1.807) is 0 Å². The molecule has 0 radical (unpaired) electrons. The number of hydrogen-bond donors (Lipinski definition) is 0. The summed E-state index contributed by atoms with van der Waals surface area (Å²) < 4.78 is 0. The summed E-state index contributed by atoms with van der Waals surface area (Å²) in [6.07, 6.45) is 38.5. The first-order valence-electron chi connectivity index (χ1n) is 24.1. The second-order valence-electron chi connectivity index (χ2n) is 20.3. The molecule has 0 atom stereocenters. The molecule has 8 saturated carbocycles. The molecule has 0 aromatic heterocycles. The van der Waals surface area contributed by atoms with Crippen molar-refractivity contribution in [1.29, 1.82) is 0 Å². The first-order valence-corrected chi connectivity index (χ1v) is 24.1. The van der Waals surface area contributed by atoms with Gasteiger partial charge in [0.05, 0.1) is 0 Å². The van der Waals surface area contributed by atoms with Gasteiger partial charge in [-0.05, 0) is 185 Å². The van der Waals surface area contributed by atoms with Gasteiger partial charge in [-0.2, -0.15) is 0 Å². The Bertz CT molecular complexity index is 1560. The Hall–Kier alpha value is -2.44. The molecule has 0 heteroatoms. The Kier molecular flexibility index (Phi) is 13.7. The summed E-state index contributed by atoms with van der Waals surface area (Å²) in [5.41, 5.74) is 7.30. The quantitative estimate of drug-likeness (QED) is 0.225. The van der Waals surface area contributed by atoms with E-state index in [2.05, 4.69) is 99.9 Å². The minimum atomic E-state index is 0.337. The zero-order valence-electron chi connectivity index (χ0n) is 36.0. The lowest BCUT2D eigenvalue weighted by atomic mass is 9.48. The SMILES string of the molecule is CCCC[C@H]1CC[C@H](C23CCC(C#Cc4ccc(CC)cc4)(CC2)CC3)CC1.CCC[C@H]1CC[C@H](C23CCC(C#Cc4ccc(CC)cc4)(CC2)CC3)CC1. The first kappa shape index (κ1) is 40.7. The third-order valence-corrected chi connectivity index (χ3v) is 17.4. The topological polar surface area (TPSA) is 0 Å². The van der Waals surface area contributed by atoms with E-state index in [4.69, 9.17) is 0 Å². The molecule has 2 aromatic carbocycles. The Morgan fingerprint density at radius 1 is 0.436 bits per heavy atom. The first-order chi connectivity index (χ1) is 26.8. The fraction of sp³-hybridized carbons (Fsp3) is 0.709. The van der Waals surface area contributed by atoms with Crippen molar-refractivity contribution in [3.8, 4) is 23.7 Å². The van der Waals surface area contributed by atoms with Crippen molar-refractivity contribution >= 4 is 0 Å². The third-order valence-electron chi connectivity index (χ3n) is 17.4. The van der Waals surface area contributed by atoms with Crippen LogP contribution in [0, 0.1) is 69.0 Å². The van der Waals surface area contributed by atoms with Gasteiger partial charge >= 0.3 is 0 Å². The van der Waals surface area contributed by atoms with Gasteiger partial charge in [0.15, 0.2) is 0 Å². The highest BCUT2D eigenvalue weighted by atomic mass is 14.6. The van der Waals surface area contributed by atoms with Crippen LogP contribution in [0.3, 0.4) is 0 Å². The van der Waals surface area contributed by atoms with Gasteiger partial charge in [-0.25, -0.2) is 0 Å². The second-order valence-corrected chi connectivity index (χ2v) is 20.3. The van der Waals surface area contributed by atoms with Gasteiger partial charge in [0.2, 0.25) is 0 Å². The molecule has 0 N–H and O–H groups in total. The average Bonchev–Trinajstić information content (AvgIpc) is 3.27. The maximum atomic E-state index is 3.78. The van der Waals surface area contributed by atoms with E-state index in [1.165, 1.54) is 183 Å². The van der Waals surface area contributed by atoms with Gasteiger partial charge < -0.3 is 0 Å². The molecule has 0 saturated heterocycles. The molecule has 0 unspecified atom stereocenters. The van der Waals surface area contributed by atoms with Crippen LogP contribution < -0.4 is 0 Å².